The third-order valence-corrected chi connectivity index (χ3v) is 3.29. The second-order valence-electron chi connectivity index (χ2n) is 4.93. The summed E-state index contributed by atoms with van der Waals surface area (Å²) in [5, 5.41) is 12.3. The lowest BCUT2D eigenvalue weighted by Crippen LogP contribution is -2.63. The molecular formula is C13H15FN2O3. The number of nitrogens with one attached hydrogen (secondary N) is 1. The fraction of sp³-hybridized carbons (Fsp3) is 0.385. The number of nitrogens with zero attached hydrogens (tertiary/aromatic N) is 1. The molecular weight excluding hydrogens is 251 g/mol. The highest BCUT2D eigenvalue weighted by Gasteiger charge is 2.41. The topological polar surface area (TPSA) is 69.6 Å². The Kier molecular flexibility index (Phi) is 3.18. The van der Waals surface area contributed by atoms with E-state index in [-0.39, 0.29) is 11.5 Å². The first-order chi connectivity index (χ1) is 8.84. The first kappa shape index (κ1) is 13.3. The Morgan fingerprint density at radius 1 is 1.47 bits per heavy atom. The first-order valence-corrected chi connectivity index (χ1v) is 5.93. The molecule has 0 saturated carbocycles. The molecule has 1 aromatic carbocycles. The van der Waals surface area contributed by atoms with E-state index in [9.17, 15) is 19.1 Å². The number of phenolic OH excluding ortho intramolecular Hbond substituents is 1. The van der Waals surface area contributed by atoms with Crippen LogP contribution in [0.25, 0.3) is 0 Å². The van der Waals surface area contributed by atoms with E-state index in [1.807, 2.05) is 0 Å². The van der Waals surface area contributed by atoms with Crippen LogP contribution in [0.4, 0.5) is 4.39 Å². The minimum atomic E-state index is -1.00. The van der Waals surface area contributed by atoms with Crippen LogP contribution in [0.5, 0.6) is 5.75 Å². The predicted molar refractivity (Wildman–Crippen MR) is 66.2 cm³/mol. The van der Waals surface area contributed by atoms with Gasteiger partial charge in [-0.3, -0.25) is 9.59 Å². The summed E-state index contributed by atoms with van der Waals surface area (Å²) in [4.78, 5) is 25.5. The van der Waals surface area contributed by atoms with E-state index < -0.39 is 23.0 Å². The smallest absolute Gasteiger partial charge is 0.258 e. The van der Waals surface area contributed by atoms with Crippen molar-refractivity contribution in [1.29, 1.82) is 0 Å². The maximum Gasteiger partial charge on any atom is 0.258 e. The number of halogens is 1. The van der Waals surface area contributed by atoms with Crippen LogP contribution in [0.15, 0.2) is 18.2 Å². The minimum absolute atomic E-state index is 0.0100. The summed E-state index contributed by atoms with van der Waals surface area (Å²) < 4.78 is 12.9. The maximum atomic E-state index is 12.9. The van der Waals surface area contributed by atoms with Gasteiger partial charge in [-0.05, 0) is 26.0 Å². The Morgan fingerprint density at radius 2 is 2.16 bits per heavy atom. The highest BCUT2D eigenvalue weighted by atomic mass is 19.1. The molecule has 2 N–H and O–H groups in total. The first-order valence-electron chi connectivity index (χ1n) is 5.93. The Labute approximate surface area is 110 Å². The fourth-order valence-corrected chi connectivity index (χ4v) is 2.09. The van der Waals surface area contributed by atoms with Crippen molar-refractivity contribution in [3.63, 3.8) is 0 Å². The number of carbonyl (C=O) groups excluding carboxylic acids is 2. The molecule has 0 bridgehead atoms. The van der Waals surface area contributed by atoms with Gasteiger partial charge in [-0.2, -0.15) is 0 Å². The second kappa shape index (κ2) is 4.53. The van der Waals surface area contributed by atoms with Crippen LogP contribution in [0, 0.1) is 5.82 Å². The Balaban J connectivity index is 2.35. The fourth-order valence-electron chi connectivity index (χ4n) is 2.09. The van der Waals surface area contributed by atoms with Gasteiger partial charge in [0.25, 0.3) is 5.91 Å². The average Bonchev–Trinajstić information content (AvgIpc) is 2.32. The molecule has 6 heteroatoms. The molecule has 102 valence electrons. The summed E-state index contributed by atoms with van der Waals surface area (Å²) in [5.74, 6) is -1.79. The molecule has 0 spiro atoms. The number of benzene rings is 1. The average molecular weight is 266 g/mol. The third kappa shape index (κ3) is 2.25. The monoisotopic (exact) mass is 266 g/mol. The van der Waals surface area contributed by atoms with Gasteiger partial charge in [0.2, 0.25) is 5.91 Å². The van der Waals surface area contributed by atoms with Crippen LogP contribution < -0.4 is 5.32 Å². The lowest BCUT2D eigenvalue weighted by Gasteiger charge is -2.41. The maximum absolute atomic E-state index is 12.9. The molecule has 1 aromatic rings. The molecule has 1 fully saturated rings. The van der Waals surface area contributed by atoms with Gasteiger partial charge in [-0.1, -0.05) is 0 Å². The quantitative estimate of drug-likeness (QED) is 0.793. The Bertz CT molecular complexity index is 543. The molecule has 0 aliphatic carbocycles. The molecule has 19 heavy (non-hydrogen) atoms. The van der Waals surface area contributed by atoms with Crippen LogP contribution in [-0.4, -0.2) is 40.4 Å². The summed E-state index contributed by atoms with van der Waals surface area (Å²) in [7, 11) is 0. The second-order valence-corrected chi connectivity index (χ2v) is 4.93. The van der Waals surface area contributed by atoms with Gasteiger partial charge < -0.3 is 15.3 Å². The van der Waals surface area contributed by atoms with Gasteiger partial charge in [-0.15, -0.1) is 0 Å². The van der Waals surface area contributed by atoms with E-state index in [4.69, 9.17) is 0 Å². The molecule has 0 atom stereocenters. The normalized spacial score (nSPS) is 18.1. The van der Waals surface area contributed by atoms with Crippen molar-refractivity contribution in [3.05, 3.63) is 29.6 Å². The van der Waals surface area contributed by atoms with Crippen LogP contribution in [0.1, 0.15) is 24.2 Å². The molecule has 2 amide bonds. The van der Waals surface area contributed by atoms with E-state index in [0.717, 1.165) is 12.1 Å². The highest BCUT2D eigenvalue weighted by molar-refractivity contribution is 6.01. The molecule has 1 aliphatic rings. The van der Waals surface area contributed by atoms with E-state index in [0.29, 0.717) is 13.1 Å². The van der Waals surface area contributed by atoms with Gasteiger partial charge in [0.1, 0.15) is 17.1 Å². The van der Waals surface area contributed by atoms with Crippen molar-refractivity contribution in [1.82, 2.24) is 10.2 Å². The summed E-state index contributed by atoms with van der Waals surface area (Å²) in [6.07, 6.45) is 0. The Hall–Kier alpha value is -2.11. The largest absolute Gasteiger partial charge is 0.507 e. The van der Waals surface area contributed by atoms with Crippen molar-refractivity contribution in [2.24, 2.45) is 0 Å². The summed E-state index contributed by atoms with van der Waals surface area (Å²) in [6.45, 7) is 3.95. The van der Waals surface area contributed by atoms with Crippen LogP contribution in [-0.2, 0) is 4.79 Å². The van der Waals surface area contributed by atoms with E-state index in [1.165, 1.54) is 11.0 Å². The molecule has 0 unspecified atom stereocenters. The molecule has 0 aromatic heterocycles. The molecule has 5 nitrogen and oxygen atoms in total. The molecule has 2 rings (SSSR count). The number of piperazine rings is 1. The van der Waals surface area contributed by atoms with E-state index in [1.54, 1.807) is 13.8 Å². The Morgan fingerprint density at radius 3 is 2.79 bits per heavy atom. The number of carbonyl (C=O) groups is 2. The van der Waals surface area contributed by atoms with Gasteiger partial charge >= 0.3 is 0 Å². The zero-order chi connectivity index (χ0) is 14.2. The lowest BCUT2D eigenvalue weighted by molar-refractivity contribution is -0.133. The van der Waals surface area contributed by atoms with Gasteiger partial charge in [0.15, 0.2) is 0 Å². The van der Waals surface area contributed by atoms with Crippen molar-refractivity contribution in [3.8, 4) is 5.75 Å². The number of aromatic hydroxyl groups is 1. The number of hydrogen-bond donors (Lipinski definition) is 2. The standard InChI is InChI=1S/C13H15FN2O3/c1-13(2)12(19)15-5-6-16(13)11(18)9-4-3-8(14)7-10(9)17/h3-4,7,17H,5-6H2,1-2H3,(H,15,19). The highest BCUT2D eigenvalue weighted by Crippen LogP contribution is 2.25. The molecule has 1 heterocycles. The number of amides is 2. The summed E-state index contributed by atoms with van der Waals surface area (Å²) in [6, 6.07) is 3.20. The van der Waals surface area contributed by atoms with Crippen molar-refractivity contribution >= 4 is 11.8 Å². The summed E-state index contributed by atoms with van der Waals surface area (Å²) >= 11 is 0. The van der Waals surface area contributed by atoms with Crippen LogP contribution in [0.2, 0.25) is 0 Å². The number of phenols is 1. The van der Waals surface area contributed by atoms with E-state index in [2.05, 4.69) is 5.32 Å². The van der Waals surface area contributed by atoms with Crippen molar-refractivity contribution < 1.29 is 19.1 Å². The third-order valence-electron chi connectivity index (χ3n) is 3.29. The molecule has 0 radical (unpaired) electrons. The lowest BCUT2D eigenvalue weighted by atomic mass is 9.97. The van der Waals surface area contributed by atoms with E-state index >= 15 is 0 Å². The minimum Gasteiger partial charge on any atom is -0.507 e. The zero-order valence-electron chi connectivity index (χ0n) is 10.7. The summed E-state index contributed by atoms with van der Waals surface area (Å²) in [5.41, 5.74) is -1.01. The van der Waals surface area contributed by atoms with Gasteiger partial charge in [-0.25, -0.2) is 4.39 Å². The zero-order valence-corrected chi connectivity index (χ0v) is 10.7. The van der Waals surface area contributed by atoms with Crippen LogP contribution >= 0.6 is 0 Å². The molecule has 1 aliphatic heterocycles. The van der Waals surface area contributed by atoms with Gasteiger partial charge in [0.05, 0.1) is 5.56 Å². The van der Waals surface area contributed by atoms with Gasteiger partial charge in [0, 0.05) is 19.2 Å². The number of rotatable bonds is 1. The molecule has 1 saturated heterocycles. The van der Waals surface area contributed by atoms with Crippen molar-refractivity contribution in [2.45, 2.75) is 19.4 Å². The van der Waals surface area contributed by atoms with Crippen LogP contribution in [0.3, 0.4) is 0 Å². The SMILES string of the molecule is CC1(C)C(=O)NCCN1C(=O)c1ccc(F)cc1O. The van der Waals surface area contributed by atoms with Crippen molar-refractivity contribution in [2.75, 3.05) is 13.1 Å². The predicted octanol–water partition coefficient (Wildman–Crippen LogP) is 0.882. The number of hydrogen-bond acceptors (Lipinski definition) is 3.